The van der Waals surface area contributed by atoms with E-state index in [2.05, 4.69) is 23.8 Å². The number of aliphatic imine (C=N–C) groups is 2. The summed E-state index contributed by atoms with van der Waals surface area (Å²) >= 11 is 0. The zero-order valence-corrected chi connectivity index (χ0v) is 17.6. The van der Waals surface area contributed by atoms with E-state index in [1.807, 2.05) is 38.1 Å². The summed E-state index contributed by atoms with van der Waals surface area (Å²) in [6.07, 6.45) is 1.98. The fourth-order valence-corrected chi connectivity index (χ4v) is 3.10. The van der Waals surface area contributed by atoms with Crippen molar-refractivity contribution in [2.24, 2.45) is 15.9 Å². The van der Waals surface area contributed by atoms with E-state index < -0.39 is 6.04 Å². The highest BCUT2D eigenvalue weighted by molar-refractivity contribution is 6.09. The van der Waals surface area contributed by atoms with Crippen LogP contribution < -0.4 is 4.74 Å². The van der Waals surface area contributed by atoms with Crippen molar-refractivity contribution < 1.29 is 19.0 Å². The van der Waals surface area contributed by atoms with Gasteiger partial charge in [0.05, 0.1) is 20.3 Å². The monoisotopic (exact) mass is 388 g/mol. The van der Waals surface area contributed by atoms with Crippen LogP contribution in [0.5, 0.6) is 5.75 Å². The van der Waals surface area contributed by atoms with Crippen molar-refractivity contribution in [2.45, 2.75) is 59.0 Å². The van der Waals surface area contributed by atoms with Crippen molar-refractivity contribution in [2.75, 3.05) is 20.3 Å². The van der Waals surface area contributed by atoms with E-state index >= 15 is 0 Å². The number of rotatable bonds is 9. The number of hydrogen-bond donors (Lipinski definition) is 0. The zero-order valence-electron chi connectivity index (χ0n) is 17.6. The van der Waals surface area contributed by atoms with E-state index in [4.69, 9.17) is 14.2 Å². The number of nitrogens with zero attached hydrogens (tertiary/aromatic N) is 2. The first kappa shape index (κ1) is 21.9. The lowest BCUT2D eigenvalue weighted by Gasteiger charge is -2.27. The maximum atomic E-state index is 12.9. The molecule has 2 unspecified atom stereocenters. The second-order valence-electron chi connectivity index (χ2n) is 7.06. The van der Waals surface area contributed by atoms with Gasteiger partial charge in [0.1, 0.15) is 11.8 Å². The highest BCUT2D eigenvalue weighted by Gasteiger charge is 2.34. The van der Waals surface area contributed by atoms with Crippen molar-refractivity contribution in [3.8, 4) is 5.75 Å². The van der Waals surface area contributed by atoms with Gasteiger partial charge in [-0.05, 0) is 50.3 Å². The lowest BCUT2D eigenvalue weighted by molar-refractivity contribution is -0.119. The van der Waals surface area contributed by atoms with E-state index in [0.717, 1.165) is 18.6 Å². The van der Waals surface area contributed by atoms with Crippen LogP contribution in [0, 0.1) is 5.92 Å². The normalized spacial score (nSPS) is 19.1. The van der Waals surface area contributed by atoms with Crippen molar-refractivity contribution >= 4 is 17.6 Å². The molecule has 1 aromatic carbocycles. The fourth-order valence-electron chi connectivity index (χ4n) is 3.10. The molecule has 1 aliphatic rings. The molecule has 0 aromatic heterocycles. The molecule has 1 aliphatic heterocycles. The number of aryl methyl sites for hydroxylation is 1. The number of benzene rings is 1. The van der Waals surface area contributed by atoms with Crippen molar-refractivity contribution in [3.05, 3.63) is 29.8 Å². The molecule has 0 radical (unpaired) electrons. The number of carbonyl (C=O) groups is 1. The molecule has 28 heavy (non-hydrogen) atoms. The van der Waals surface area contributed by atoms with Crippen LogP contribution in [0.2, 0.25) is 0 Å². The van der Waals surface area contributed by atoms with E-state index in [0.29, 0.717) is 31.4 Å². The summed E-state index contributed by atoms with van der Waals surface area (Å²) in [6.45, 7) is 8.87. The van der Waals surface area contributed by atoms with Gasteiger partial charge in [-0.15, -0.1) is 0 Å². The molecule has 0 saturated heterocycles. The Bertz CT molecular complexity index is 695. The van der Waals surface area contributed by atoms with Crippen LogP contribution in [0.3, 0.4) is 0 Å². The summed E-state index contributed by atoms with van der Waals surface area (Å²) in [4.78, 5) is 22.1. The summed E-state index contributed by atoms with van der Waals surface area (Å²) in [5.74, 6) is 2.01. The molecule has 0 fully saturated rings. The highest BCUT2D eigenvalue weighted by atomic mass is 16.5. The summed E-state index contributed by atoms with van der Waals surface area (Å²) < 4.78 is 16.5. The molecule has 2 atom stereocenters. The van der Waals surface area contributed by atoms with E-state index in [1.165, 1.54) is 5.56 Å². The molecule has 154 valence electrons. The molecule has 1 heterocycles. The number of methoxy groups -OCH3 is 1. The van der Waals surface area contributed by atoms with Gasteiger partial charge in [-0.25, -0.2) is 9.98 Å². The summed E-state index contributed by atoms with van der Waals surface area (Å²) in [7, 11) is 1.65. The fraction of sp³-hybridized carbons (Fsp3) is 0.591. The molecule has 0 amide bonds. The molecule has 0 spiro atoms. The Morgan fingerprint density at radius 2 is 1.68 bits per heavy atom. The van der Waals surface area contributed by atoms with Crippen molar-refractivity contribution in [3.63, 3.8) is 0 Å². The Morgan fingerprint density at radius 1 is 1.04 bits per heavy atom. The van der Waals surface area contributed by atoms with Crippen molar-refractivity contribution in [1.29, 1.82) is 0 Å². The Labute approximate surface area is 168 Å². The van der Waals surface area contributed by atoms with Crippen LogP contribution in [0.15, 0.2) is 34.3 Å². The second kappa shape index (κ2) is 10.8. The quantitative estimate of drug-likeness (QED) is 0.644. The van der Waals surface area contributed by atoms with Crippen LogP contribution in [0.25, 0.3) is 0 Å². The Kier molecular flexibility index (Phi) is 8.48. The number of Topliss-reactive ketones (excluding diaryl/α,β-unsaturated/α-hetero) is 1. The van der Waals surface area contributed by atoms with Gasteiger partial charge < -0.3 is 14.2 Å². The largest absolute Gasteiger partial charge is 0.497 e. The van der Waals surface area contributed by atoms with Gasteiger partial charge in [0, 0.05) is 6.42 Å². The van der Waals surface area contributed by atoms with E-state index in [-0.39, 0.29) is 17.7 Å². The number of hydrogen-bond acceptors (Lipinski definition) is 6. The number of ether oxygens (including phenoxy) is 3. The van der Waals surface area contributed by atoms with Crippen LogP contribution in [0.1, 0.15) is 46.1 Å². The topological polar surface area (TPSA) is 69.5 Å². The molecule has 0 aliphatic carbocycles. The maximum absolute atomic E-state index is 12.9. The average Bonchev–Trinajstić information content (AvgIpc) is 2.69. The molecular weight excluding hydrogens is 356 g/mol. The minimum absolute atomic E-state index is 0.0140. The molecule has 6 nitrogen and oxygen atoms in total. The minimum atomic E-state index is -0.702. The third-order valence-corrected chi connectivity index (χ3v) is 4.58. The lowest BCUT2D eigenvalue weighted by atomic mass is 9.99. The second-order valence-corrected chi connectivity index (χ2v) is 7.06. The Morgan fingerprint density at radius 3 is 2.25 bits per heavy atom. The standard InChI is InChI=1S/C22H32N2O4/c1-6-27-21-19(15(3)4)23-22(28-7-2)20(24-21)18(25)10-8-9-16-11-13-17(26-5)14-12-16/h11-15,19-20H,6-10H2,1-5H3. The highest BCUT2D eigenvalue weighted by Crippen LogP contribution is 2.20. The van der Waals surface area contributed by atoms with Crippen LogP contribution in [-0.4, -0.2) is 50.0 Å². The summed E-state index contributed by atoms with van der Waals surface area (Å²) in [5.41, 5.74) is 1.18. The first-order valence-electron chi connectivity index (χ1n) is 10.1. The molecule has 0 saturated carbocycles. The first-order valence-corrected chi connectivity index (χ1v) is 10.1. The zero-order chi connectivity index (χ0) is 20.5. The van der Waals surface area contributed by atoms with Gasteiger partial charge in [-0.1, -0.05) is 26.0 Å². The Hall–Kier alpha value is -2.37. The maximum Gasteiger partial charge on any atom is 0.217 e. The third kappa shape index (κ3) is 5.81. The van der Waals surface area contributed by atoms with Gasteiger partial charge in [-0.2, -0.15) is 0 Å². The van der Waals surface area contributed by atoms with Gasteiger partial charge in [0.15, 0.2) is 11.8 Å². The first-order chi connectivity index (χ1) is 13.5. The predicted octanol–water partition coefficient (Wildman–Crippen LogP) is 3.86. The molecule has 0 N–H and O–H groups in total. The SMILES string of the molecule is CCOC1=NC(C(C)C)C(OCC)=NC1C(=O)CCCc1ccc(OC)cc1. The predicted molar refractivity (Wildman–Crippen MR) is 111 cm³/mol. The summed E-state index contributed by atoms with van der Waals surface area (Å²) in [5, 5.41) is 0. The van der Waals surface area contributed by atoms with E-state index in [9.17, 15) is 4.79 Å². The molecule has 1 aromatic rings. The average molecular weight is 389 g/mol. The van der Waals surface area contributed by atoms with Crippen LogP contribution in [0.4, 0.5) is 0 Å². The van der Waals surface area contributed by atoms with Gasteiger partial charge in [-0.3, -0.25) is 4.79 Å². The smallest absolute Gasteiger partial charge is 0.217 e. The van der Waals surface area contributed by atoms with Gasteiger partial charge in [0.25, 0.3) is 0 Å². The number of carbonyl (C=O) groups excluding carboxylic acids is 1. The summed E-state index contributed by atoms with van der Waals surface area (Å²) in [6, 6.07) is 7.01. The molecule has 2 rings (SSSR count). The van der Waals surface area contributed by atoms with Crippen LogP contribution in [-0.2, 0) is 20.7 Å². The molecular formula is C22H32N2O4. The van der Waals surface area contributed by atoms with Crippen molar-refractivity contribution in [1.82, 2.24) is 0 Å². The van der Waals surface area contributed by atoms with Gasteiger partial charge >= 0.3 is 0 Å². The van der Waals surface area contributed by atoms with Crippen LogP contribution >= 0.6 is 0 Å². The van der Waals surface area contributed by atoms with E-state index in [1.54, 1.807) is 7.11 Å². The third-order valence-electron chi connectivity index (χ3n) is 4.58. The lowest BCUT2D eigenvalue weighted by Crippen LogP contribution is -2.41. The minimum Gasteiger partial charge on any atom is -0.497 e. The Balaban J connectivity index is 2.04. The number of ketones is 1. The molecule has 0 bridgehead atoms. The molecule has 6 heteroatoms. The van der Waals surface area contributed by atoms with Gasteiger partial charge in [0.2, 0.25) is 11.8 Å².